The van der Waals surface area contributed by atoms with Gasteiger partial charge in [0.2, 0.25) is 5.88 Å². The second-order valence-electron chi connectivity index (χ2n) is 3.10. The van der Waals surface area contributed by atoms with Gasteiger partial charge in [0.15, 0.2) is 0 Å². The lowest BCUT2D eigenvalue weighted by molar-refractivity contribution is 0.124. The molecule has 1 rings (SSSR count). The zero-order valence-corrected chi connectivity index (χ0v) is 9.49. The molecular weight excluding hydrogens is 192 g/mol. The van der Waals surface area contributed by atoms with Crippen LogP contribution in [0.15, 0.2) is 18.3 Å². The molecule has 15 heavy (non-hydrogen) atoms. The average molecular weight is 210 g/mol. The minimum atomic E-state index is 0.119. The molecule has 4 heteroatoms. The quantitative estimate of drug-likeness (QED) is 0.770. The first kappa shape index (κ1) is 11.9. The van der Waals surface area contributed by atoms with E-state index in [1.807, 2.05) is 26.1 Å². The van der Waals surface area contributed by atoms with Crippen LogP contribution in [0.5, 0.6) is 5.88 Å². The molecule has 0 saturated heterocycles. The van der Waals surface area contributed by atoms with Gasteiger partial charge in [0.25, 0.3) is 0 Å². The Hall–Kier alpha value is -1.13. The summed E-state index contributed by atoms with van der Waals surface area (Å²) in [7, 11) is 3.52. The van der Waals surface area contributed by atoms with Crippen LogP contribution in [-0.2, 0) is 4.74 Å². The van der Waals surface area contributed by atoms with Gasteiger partial charge in [-0.3, -0.25) is 0 Å². The van der Waals surface area contributed by atoms with Crippen molar-refractivity contribution in [2.45, 2.75) is 13.0 Å². The number of hydrogen-bond acceptors (Lipinski definition) is 4. The van der Waals surface area contributed by atoms with Crippen molar-refractivity contribution < 1.29 is 9.47 Å². The normalized spacial score (nSPS) is 12.5. The second-order valence-corrected chi connectivity index (χ2v) is 3.10. The third-order valence-electron chi connectivity index (χ3n) is 2.21. The molecule has 0 radical (unpaired) electrons. The number of rotatable bonds is 6. The fraction of sp³-hybridized carbons (Fsp3) is 0.545. The minimum Gasteiger partial charge on any atom is -0.481 e. The summed E-state index contributed by atoms with van der Waals surface area (Å²) >= 11 is 0. The molecule has 0 spiro atoms. The van der Waals surface area contributed by atoms with E-state index in [-0.39, 0.29) is 6.04 Å². The third-order valence-corrected chi connectivity index (χ3v) is 2.21. The van der Waals surface area contributed by atoms with E-state index in [2.05, 4.69) is 10.3 Å². The lowest BCUT2D eigenvalue weighted by atomic mass is 10.1. The van der Waals surface area contributed by atoms with Crippen LogP contribution in [0.25, 0.3) is 0 Å². The van der Waals surface area contributed by atoms with Crippen molar-refractivity contribution in [3.63, 3.8) is 0 Å². The molecule has 0 amide bonds. The highest BCUT2D eigenvalue weighted by molar-refractivity contribution is 5.28. The Kier molecular flexibility index (Phi) is 5.07. The fourth-order valence-electron chi connectivity index (χ4n) is 1.40. The number of nitrogens with zero attached hydrogens (tertiary/aromatic N) is 1. The molecule has 1 atom stereocenters. The monoisotopic (exact) mass is 210 g/mol. The molecule has 0 saturated carbocycles. The van der Waals surface area contributed by atoms with Gasteiger partial charge in [-0.1, -0.05) is 6.07 Å². The summed E-state index contributed by atoms with van der Waals surface area (Å²) in [5, 5.41) is 3.18. The maximum atomic E-state index is 5.39. The van der Waals surface area contributed by atoms with Crippen molar-refractivity contribution in [2.75, 3.05) is 27.4 Å². The summed E-state index contributed by atoms with van der Waals surface area (Å²) in [6.07, 6.45) is 1.72. The van der Waals surface area contributed by atoms with Gasteiger partial charge >= 0.3 is 0 Å². The molecule has 1 unspecified atom stereocenters. The van der Waals surface area contributed by atoms with E-state index in [4.69, 9.17) is 9.47 Å². The van der Waals surface area contributed by atoms with E-state index in [1.165, 1.54) is 0 Å². The number of likely N-dealkylation sites (N-methyl/N-ethyl adjacent to an activating group) is 1. The maximum Gasteiger partial charge on any atom is 0.217 e. The van der Waals surface area contributed by atoms with Crippen LogP contribution in [0, 0.1) is 0 Å². The number of aromatic nitrogens is 1. The predicted octanol–water partition coefficient (Wildman–Crippen LogP) is 1.39. The predicted molar refractivity (Wildman–Crippen MR) is 59.1 cm³/mol. The number of nitrogens with one attached hydrogen (secondary N) is 1. The van der Waals surface area contributed by atoms with Crippen molar-refractivity contribution >= 4 is 0 Å². The van der Waals surface area contributed by atoms with Crippen molar-refractivity contribution in [3.05, 3.63) is 23.9 Å². The first-order valence-electron chi connectivity index (χ1n) is 5.07. The SMILES string of the molecule is CCOCC(NC)c1cccnc1OC. The highest BCUT2D eigenvalue weighted by Crippen LogP contribution is 2.21. The maximum absolute atomic E-state index is 5.39. The van der Waals surface area contributed by atoms with Crippen molar-refractivity contribution in [1.82, 2.24) is 10.3 Å². The first-order valence-corrected chi connectivity index (χ1v) is 5.07. The Morgan fingerprint density at radius 2 is 2.33 bits per heavy atom. The van der Waals surface area contributed by atoms with Crippen LogP contribution in [0.3, 0.4) is 0 Å². The van der Waals surface area contributed by atoms with Gasteiger partial charge in [-0.2, -0.15) is 0 Å². The summed E-state index contributed by atoms with van der Waals surface area (Å²) in [6.45, 7) is 3.31. The van der Waals surface area contributed by atoms with Crippen LogP contribution < -0.4 is 10.1 Å². The molecule has 1 aromatic rings. The van der Waals surface area contributed by atoms with Crippen LogP contribution in [0.1, 0.15) is 18.5 Å². The molecule has 0 aliphatic heterocycles. The van der Waals surface area contributed by atoms with Gasteiger partial charge in [0.1, 0.15) is 0 Å². The van der Waals surface area contributed by atoms with Gasteiger partial charge in [0, 0.05) is 18.4 Å². The van der Waals surface area contributed by atoms with Crippen molar-refractivity contribution in [3.8, 4) is 5.88 Å². The minimum absolute atomic E-state index is 0.119. The molecule has 0 bridgehead atoms. The molecule has 0 fully saturated rings. The number of hydrogen-bond donors (Lipinski definition) is 1. The molecule has 0 aromatic carbocycles. The van der Waals surface area contributed by atoms with Gasteiger partial charge in [-0.05, 0) is 20.0 Å². The van der Waals surface area contributed by atoms with E-state index in [1.54, 1.807) is 13.3 Å². The zero-order valence-electron chi connectivity index (χ0n) is 9.49. The summed E-state index contributed by atoms with van der Waals surface area (Å²) < 4.78 is 10.6. The summed E-state index contributed by atoms with van der Waals surface area (Å²) in [6, 6.07) is 4.01. The van der Waals surface area contributed by atoms with Crippen LogP contribution in [0.4, 0.5) is 0 Å². The average Bonchev–Trinajstić information content (AvgIpc) is 2.30. The Morgan fingerprint density at radius 1 is 1.53 bits per heavy atom. The Morgan fingerprint density at radius 3 is 2.93 bits per heavy atom. The molecule has 1 heterocycles. The van der Waals surface area contributed by atoms with Gasteiger partial charge in [-0.15, -0.1) is 0 Å². The smallest absolute Gasteiger partial charge is 0.217 e. The molecule has 0 aliphatic rings. The highest BCUT2D eigenvalue weighted by Gasteiger charge is 2.14. The van der Waals surface area contributed by atoms with Crippen LogP contribution in [0.2, 0.25) is 0 Å². The molecule has 1 aromatic heterocycles. The summed E-state index contributed by atoms with van der Waals surface area (Å²) in [5.74, 6) is 0.650. The molecule has 4 nitrogen and oxygen atoms in total. The van der Waals surface area contributed by atoms with Crippen molar-refractivity contribution in [2.24, 2.45) is 0 Å². The topological polar surface area (TPSA) is 43.4 Å². The van der Waals surface area contributed by atoms with Gasteiger partial charge < -0.3 is 14.8 Å². The molecule has 1 N–H and O–H groups in total. The fourth-order valence-corrected chi connectivity index (χ4v) is 1.40. The van der Waals surface area contributed by atoms with E-state index in [0.29, 0.717) is 19.1 Å². The number of methoxy groups -OCH3 is 1. The van der Waals surface area contributed by atoms with E-state index in [0.717, 1.165) is 5.56 Å². The number of ether oxygens (including phenoxy) is 2. The lowest BCUT2D eigenvalue weighted by Gasteiger charge is -2.17. The Bertz CT molecular complexity index is 292. The first-order chi connectivity index (χ1) is 7.33. The third kappa shape index (κ3) is 3.18. The van der Waals surface area contributed by atoms with Gasteiger partial charge in [-0.25, -0.2) is 4.98 Å². The Labute approximate surface area is 90.6 Å². The summed E-state index contributed by atoms with van der Waals surface area (Å²) in [4.78, 5) is 4.16. The number of pyridine rings is 1. The van der Waals surface area contributed by atoms with Crippen LogP contribution in [-0.4, -0.2) is 32.4 Å². The lowest BCUT2D eigenvalue weighted by Crippen LogP contribution is -2.22. The highest BCUT2D eigenvalue weighted by atomic mass is 16.5. The summed E-state index contributed by atoms with van der Waals surface area (Å²) in [5.41, 5.74) is 1.02. The molecule has 84 valence electrons. The standard InChI is InChI=1S/C11H18N2O2/c1-4-15-8-10(12-2)9-6-5-7-13-11(9)14-3/h5-7,10,12H,4,8H2,1-3H3. The second kappa shape index (κ2) is 6.37. The Balaban J connectivity index is 2.80. The van der Waals surface area contributed by atoms with E-state index in [9.17, 15) is 0 Å². The van der Waals surface area contributed by atoms with Crippen molar-refractivity contribution in [1.29, 1.82) is 0 Å². The molecule has 0 aliphatic carbocycles. The molecular formula is C11H18N2O2. The largest absolute Gasteiger partial charge is 0.481 e. The van der Waals surface area contributed by atoms with E-state index >= 15 is 0 Å². The van der Waals surface area contributed by atoms with E-state index < -0.39 is 0 Å². The van der Waals surface area contributed by atoms with Gasteiger partial charge in [0.05, 0.1) is 19.8 Å². The zero-order chi connectivity index (χ0) is 11.1. The van der Waals surface area contributed by atoms with Crippen LogP contribution >= 0.6 is 0 Å².